The van der Waals surface area contributed by atoms with Gasteiger partial charge in [-0.2, -0.15) is 0 Å². The van der Waals surface area contributed by atoms with Gasteiger partial charge in [-0.25, -0.2) is 4.98 Å². The molecule has 0 fully saturated rings. The standard InChI is InChI=1S/C17H12ClN5O6/c1-8-13(17-19-7-12(20-17)10-3-5-11(18)6-4-10)9(2)15(22(26)27)16(23(28)29)14(8)21(24)25/h3-7H,1-2H3,(H,19,20). The topological polar surface area (TPSA) is 158 Å². The fraction of sp³-hybridized carbons (Fsp3) is 0.118. The molecule has 0 saturated carbocycles. The lowest BCUT2D eigenvalue weighted by molar-refractivity contribution is -0.441. The van der Waals surface area contributed by atoms with E-state index in [4.69, 9.17) is 11.6 Å². The largest absolute Gasteiger partial charge is 0.422 e. The molecule has 0 spiro atoms. The van der Waals surface area contributed by atoms with E-state index in [2.05, 4.69) is 9.97 Å². The summed E-state index contributed by atoms with van der Waals surface area (Å²) in [6.07, 6.45) is 1.45. The third-order valence-corrected chi connectivity index (χ3v) is 4.68. The van der Waals surface area contributed by atoms with Crippen LogP contribution < -0.4 is 0 Å². The highest BCUT2D eigenvalue weighted by molar-refractivity contribution is 6.30. The van der Waals surface area contributed by atoms with Crippen molar-refractivity contribution in [1.29, 1.82) is 0 Å². The van der Waals surface area contributed by atoms with Crippen molar-refractivity contribution in [1.82, 2.24) is 9.97 Å². The Bertz CT molecular complexity index is 1130. The molecule has 12 heteroatoms. The molecule has 0 bridgehead atoms. The van der Waals surface area contributed by atoms with Crippen molar-refractivity contribution in [2.24, 2.45) is 0 Å². The number of aromatic nitrogens is 2. The van der Waals surface area contributed by atoms with Gasteiger partial charge in [0.15, 0.2) is 0 Å². The van der Waals surface area contributed by atoms with Gasteiger partial charge in [-0.05, 0) is 31.5 Å². The summed E-state index contributed by atoms with van der Waals surface area (Å²) in [4.78, 5) is 38.4. The van der Waals surface area contributed by atoms with Crippen molar-refractivity contribution in [2.75, 3.05) is 0 Å². The van der Waals surface area contributed by atoms with Crippen molar-refractivity contribution < 1.29 is 14.8 Å². The molecule has 29 heavy (non-hydrogen) atoms. The highest BCUT2D eigenvalue weighted by Crippen LogP contribution is 2.46. The summed E-state index contributed by atoms with van der Waals surface area (Å²) in [5.41, 5.74) is -1.90. The number of hydrogen-bond donors (Lipinski definition) is 1. The molecular weight excluding hydrogens is 406 g/mol. The molecule has 3 rings (SSSR count). The normalized spacial score (nSPS) is 10.7. The maximum Gasteiger partial charge on any atom is 0.422 e. The average molecular weight is 418 g/mol. The average Bonchev–Trinajstić information content (AvgIpc) is 3.10. The number of halogens is 1. The second kappa shape index (κ2) is 7.28. The Balaban J connectivity index is 2.31. The van der Waals surface area contributed by atoms with Crippen LogP contribution in [-0.2, 0) is 0 Å². The van der Waals surface area contributed by atoms with Crippen LogP contribution >= 0.6 is 11.6 Å². The second-order valence-corrected chi connectivity index (χ2v) is 6.53. The molecule has 2 aromatic carbocycles. The van der Waals surface area contributed by atoms with E-state index in [0.717, 1.165) is 5.56 Å². The number of nitro benzene ring substituents is 3. The summed E-state index contributed by atoms with van der Waals surface area (Å²) in [5.74, 6) is 0.117. The number of nitrogens with one attached hydrogen (secondary N) is 1. The van der Waals surface area contributed by atoms with Crippen molar-refractivity contribution >= 4 is 28.7 Å². The van der Waals surface area contributed by atoms with Crippen LogP contribution in [0.1, 0.15) is 11.1 Å². The van der Waals surface area contributed by atoms with Crippen molar-refractivity contribution in [3.05, 3.63) is 77.0 Å². The number of nitrogens with zero attached hydrogens (tertiary/aromatic N) is 4. The second-order valence-electron chi connectivity index (χ2n) is 6.09. The lowest BCUT2D eigenvalue weighted by Gasteiger charge is -2.09. The number of imidazole rings is 1. The van der Waals surface area contributed by atoms with Crippen molar-refractivity contribution in [2.45, 2.75) is 13.8 Å². The van der Waals surface area contributed by atoms with E-state index in [1.807, 2.05) is 0 Å². The number of aromatic amines is 1. The van der Waals surface area contributed by atoms with Crippen LogP contribution in [0.4, 0.5) is 17.1 Å². The predicted molar refractivity (Wildman–Crippen MR) is 104 cm³/mol. The van der Waals surface area contributed by atoms with Crippen LogP contribution in [0.15, 0.2) is 30.5 Å². The van der Waals surface area contributed by atoms with E-state index in [1.54, 1.807) is 24.3 Å². The van der Waals surface area contributed by atoms with Gasteiger partial charge in [0.25, 0.3) is 0 Å². The van der Waals surface area contributed by atoms with E-state index in [0.29, 0.717) is 10.7 Å². The molecule has 1 N–H and O–H groups in total. The first-order chi connectivity index (χ1) is 13.6. The van der Waals surface area contributed by atoms with Gasteiger partial charge in [0.2, 0.25) is 0 Å². The fourth-order valence-electron chi connectivity index (χ4n) is 3.18. The van der Waals surface area contributed by atoms with E-state index in [-0.39, 0.29) is 22.5 Å². The monoisotopic (exact) mass is 417 g/mol. The minimum atomic E-state index is -1.15. The van der Waals surface area contributed by atoms with Crippen LogP contribution in [0, 0.1) is 44.2 Å². The van der Waals surface area contributed by atoms with Crippen molar-refractivity contribution in [3.63, 3.8) is 0 Å². The summed E-state index contributed by atoms with van der Waals surface area (Å²) in [6, 6.07) is 6.77. The van der Waals surface area contributed by atoms with Crippen LogP contribution in [-0.4, -0.2) is 24.7 Å². The minimum Gasteiger partial charge on any atom is -0.338 e. The SMILES string of the molecule is Cc1c(-c2ncc(-c3ccc(Cl)cc3)[nH]2)c(C)c([N+](=O)[O-])c([N+](=O)[O-])c1[N+](=O)[O-]. The molecular formula is C17H12ClN5O6. The Morgan fingerprint density at radius 1 is 0.862 bits per heavy atom. The van der Waals surface area contributed by atoms with Gasteiger partial charge in [0, 0.05) is 21.7 Å². The summed E-state index contributed by atoms with van der Waals surface area (Å²) in [6.45, 7) is 2.59. The molecule has 0 atom stereocenters. The quantitative estimate of drug-likeness (QED) is 0.463. The van der Waals surface area contributed by atoms with Crippen LogP contribution in [0.5, 0.6) is 0 Å². The maximum absolute atomic E-state index is 11.5. The maximum atomic E-state index is 11.5. The van der Waals surface area contributed by atoms with E-state index in [9.17, 15) is 30.3 Å². The van der Waals surface area contributed by atoms with Crippen LogP contribution in [0.25, 0.3) is 22.6 Å². The lowest BCUT2D eigenvalue weighted by atomic mass is 9.97. The predicted octanol–water partition coefficient (Wildman–Crippen LogP) is 4.74. The number of benzene rings is 2. The van der Waals surface area contributed by atoms with Crippen LogP contribution in [0.2, 0.25) is 5.02 Å². The molecule has 1 heterocycles. The third kappa shape index (κ3) is 3.38. The summed E-state index contributed by atoms with van der Waals surface area (Å²) < 4.78 is 0. The zero-order valence-electron chi connectivity index (χ0n) is 15.0. The molecule has 0 unspecified atom stereocenters. The van der Waals surface area contributed by atoms with Gasteiger partial charge in [0.1, 0.15) is 5.82 Å². The number of H-pyrrole nitrogens is 1. The zero-order chi connectivity index (χ0) is 21.5. The highest BCUT2D eigenvalue weighted by atomic mass is 35.5. The molecule has 11 nitrogen and oxygen atoms in total. The Kier molecular flexibility index (Phi) is 4.99. The van der Waals surface area contributed by atoms with Gasteiger partial charge >= 0.3 is 17.1 Å². The number of nitro groups is 3. The molecule has 0 aliphatic carbocycles. The minimum absolute atomic E-state index is 0.0641. The Morgan fingerprint density at radius 3 is 1.79 bits per heavy atom. The first kappa shape index (κ1) is 19.9. The molecule has 0 aliphatic rings. The third-order valence-electron chi connectivity index (χ3n) is 4.42. The number of rotatable bonds is 5. The van der Waals surface area contributed by atoms with E-state index in [1.165, 1.54) is 20.0 Å². The van der Waals surface area contributed by atoms with Gasteiger partial charge in [-0.3, -0.25) is 30.3 Å². The van der Waals surface area contributed by atoms with Gasteiger partial charge in [-0.15, -0.1) is 0 Å². The summed E-state index contributed by atoms with van der Waals surface area (Å²) >= 11 is 5.87. The fourth-order valence-corrected chi connectivity index (χ4v) is 3.31. The molecule has 0 saturated heterocycles. The van der Waals surface area contributed by atoms with Crippen molar-refractivity contribution in [3.8, 4) is 22.6 Å². The van der Waals surface area contributed by atoms with Gasteiger partial charge in [0.05, 0.1) is 26.7 Å². The first-order valence-electron chi connectivity index (χ1n) is 8.05. The highest BCUT2D eigenvalue weighted by Gasteiger charge is 2.42. The summed E-state index contributed by atoms with van der Waals surface area (Å²) in [7, 11) is 0. The molecule has 0 radical (unpaired) electrons. The summed E-state index contributed by atoms with van der Waals surface area (Å²) in [5, 5.41) is 34.9. The van der Waals surface area contributed by atoms with Gasteiger partial charge in [-0.1, -0.05) is 23.7 Å². The molecule has 0 amide bonds. The molecule has 3 aromatic rings. The number of hydrogen-bond acceptors (Lipinski definition) is 7. The van der Waals surface area contributed by atoms with Gasteiger partial charge < -0.3 is 4.98 Å². The van der Waals surface area contributed by atoms with Crippen LogP contribution in [0.3, 0.4) is 0 Å². The molecule has 148 valence electrons. The smallest absolute Gasteiger partial charge is 0.338 e. The Labute approximate surface area is 167 Å². The Morgan fingerprint density at radius 2 is 1.34 bits per heavy atom. The lowest BCUT2D eigenvalue weighted by Crippen LogP contribution is -2.07. The zero-order valence-corrected chi connectivity index (χ0v) is 15.8. The van der Waals surface area contributed by atoms with E-state index < -0.39 is 31.8 Å². The molecule has 0 aliphatic heterocycles. The first-order valence-corrected chi connectivity index (χ1v) is 8.43. The molecule has 1 aromatic heterocycles. The van der Waals surface area contributed by atoms with E-state index >= 15 is 0 Å². The Hall–Kier alpha value is -3.86.